The smallest absolute Gasteiger partial charge is 0.263 e. The molecule has 3 aromatic rings. The normalized spacial score (nSPS) is 14.0. The number of benzene rings is 2. The van der Waals surface area contributed by atoms with E-state index in [0.717, 1.165) is 27.0 Å². The van der Waals surface area contributed by atoms with E-state index >= 15 is 0 Å². The number of hydrogen-bond donors (Lipinski definition) is 0. The number of anilines is 1. The minimum Gasteiger partial charge on any atom is -0.313 e. The Balaban J connectivity index is 1.53. The lowest BCUT2D eigenvalue weighted by molar-refractivity contribution is -0.116. The van der Waals surface area contributed by atoms with Crippen LogP contribution in [0.4, 0.5) is 5.69 Å². The lowest BCUT2D eigenvalue weighted by atomic mass is 10.2. The van der Waals surface area contributed by atoms with Gasteiger partial charge in [0.05, 0.1) is 10.2 Å². The first-order valence-electron chi connectivity index (χ1n) is 10.1. The largest absolute Gasteiger partial charge is 0.313 e. The van der Waals surface area contributed by atoms with Crippen molar-refractivity contribution < 1.29 is 18.0 Å². The predicted molar refractivity (Wildman–Crippen MR) is 126 cm³/mol. The minimum absolute atomic E-state index is 0.408. The average molecular weight is 470 g/mol. The van der Waals surface area contributed by atoms with Crippen LogP contribution < -0.4 is 9.70 Å². The SMILES string of the molecule is C=CCn1c(=NC(=O)CS(=O)(=O)CC(=O)N2CCc3ccccc32)sc2cc(C)ccc21. The Morgan fingerprint density at radius 3 is 2.75 bits per heavy atom. The number of aromatic nitrogens is 1. The van der Waals surface area contributed by atoms with Gasteiger partial charge in [-0.2, -0.15) is 4.99 Å². The van der Waals surface area contributed by atoms with Gasteiger partial charge in [-0.25, -0.2) is 8.42 Å². The minimum atomic E-state index is -3.96. The fourth-order valence-corrected chi connectivity index (χ4v) is 6.04. The zero-order chi connectivity index (χ0) is 22.9. The van der Waals surface area contributed by atoms with Crippen molar-refractivity contribution in [3.63, 3.8) is 0 Å². The maximum atomic E-state index is 12.6. The van der Waals surface area contributed by atoms with Crippen molar-refractivity contribution in [1.82, 2.24) is 4.57 Å². The standard InChI is InChI=1S/C23H23N3O4S2/c1-3-11-26-19-9-8-16(2)13-20(19)31-23(26)24-21(27)14-32(29,30)15-22(28)25-12-10-17-6-4-5-7-18(17)25/h3-9,13H,1,10-12,14-15H2,2H3. The van der Waals surface area contributed by atoms with Gasteiger partial charge >= 0.3 is 0 Å². The number of thiazole rings is 1. The third kappa shape index (κ3) is 4.58. The second-order valence-electron chi connectivity index (χ2n) is 7.72. The molecule has 0 saturated carbocycles. The van der Waals surface area contributed by atoms with Gasteiger partial charge in [-0.15, -0.1) is 6.58 Å². The number of aryl methyl sites for hydroxylation is 1. The molecule has 4 rings (SSSR count). The van der Waals surface area contributed by atoms with Crippen LogP contribution in [0, 0.1) is 6.92 Å². The van der Waals surface area contributed by atoms with Crippen LogP contribution >= 0.6 is 11.3 Å². The number of hydrogen-bond acceptors (Lipinski definition) is 5. The molecule has 9 heteroatoms. The summed E-state index contributed by atoms with van der Waals surface area (Å²) in [5.74, 6) is -2.85. The molecule has 32 heavy (non-hydrogen) atoms. The Kier molecular flexibility index (Phi) is 6.12. The first kappa shape index (κ1) is 22.2. The van der Waals surface area contributed by atoms with Crippen LogP contribution in [-0.2, 0) is 32.4 Å². The number of carbonyl (C=O) groups excluding carboxylic acids is 2. The van der Waals surface area contributed by atoms with Gasteiger partial charge in [0.2, 0.25) is 5.91 Å². The summed E-state index contributed by atoms with van der Waals surface area (Å²) in [5, 5.41) is 0. The van der Waals surface area contributed by atoms with Crippen LogP contribution in [0.3, 0.4) is 0 Å². The molecule has 0 fully saturated rings. The monoisotopic (exact) mass is 469 g/mol. The van der Waals surface area contributed by atoms with Crippen molar-refractivity contribution in [3.8, 4) is 0 Å². The fraction of sp³-hybridized carbons (Fsp3) is 0.261. The van der Waals surface area contributed by atoms with Gasteiger partial charge in [-0.1, -0.05) is 41.7 Å². The Labute approximate surface area is 190 Å². The van der Waals surface area contributed by atoms with E-state index in [1.54, 1.807) is 12.1 Å². The van der Waals surface area contributed by atoms with Gasteiger partial charge in [0, 0.05) is 18.8 Å². The summed E-state index contributed by atoms with van der Waals surface area (Å²) in [7, 11) is -3.96. The maximum absolute atomic E-state index is 12.6. The highest BCUT2D eigenvalue weighted by atomic mass is 32.2. The quantitative estimate of drug-likeness (QED) is 0.519. The molecule has 0 saturated heterocycles. The summed E-state index contributed by atoms with van der Waals surface area (Å²) in [6.45, 7) is 6.60. The van der Waals surface area contributed by atoms with E-state index in [0.29, 0.717) is 24.3 Å². The van der Waals surface area contributed by atoms with Crippen LogP contribution in [0.2, 0.25) is 0 Å². The highest BCUT2D eigenvalue weighted by Crippen LogP contribution is 2.27. The number of allylic oxidation sites excluding steroid dienone is 1. The summed E-state index contributed by atoms with van der Waals surface area (Å²) < 4.78 is 28.0. The van der Waals surface area contributed by atoms with E-state index < -0.39 is 33.2 Å². The van der Waals surface area contributed by atoms with Gasteiger partial charge in [-0.05, 0) is 42.7 Å². The molecule has 0 atom stereocenters. The molecule has 1 aliphatic heterocycles. The molecule has 2 heterocycles. The predicted octanol–water partition coefficient (Wildman–Crippen LogP) is 2.63. The van der Waals surface area contributed by atoms with E-state index in [9.17, 15) is 18.0 Å². The van der Waals surface area contributed by atoms with Crippen LogP contribution in [0.5, 0.6) is 0 Å². The third-order valence-corrected chi connectivity index (χ3v) is 7.66. The summed E-state index contributed by atoms with van der Waals surface area (Å²) in [6.07, 6.45) is 2.38. The Morgan fingerprint density at radius 2 is 1.97 bits per heavy atom. The van der Waals surface area contributed by atoms with Crippen molar-refractivity contribution in [1.29, 1.82) is 0 Å². The second kappa shape index (κ2) is 8.84. The summed E-state index contributed by atoms with van der Waals surface area (Å²) in [5.41, 5.74) is 3.72. The molecule has 0 aliphatic carbocycles. The van der Waals surface area contributed by atoms with E-state index in [-0.39, 0.29) is 0 Å². The van der Waals surface area contributed by atoms with Crippen molar-refractivity contribution in [2.24, 2.45) is 4.99 Å². The van der Waals surface area contributed by atoms with E-state index in [4.69, 9.17) is 0 Å². The number of sulfone groups is 1. The van der Waals surface area contributed by atoms with Crippen molar-refractivity contribution >= 4 is 48.9 Å². The number of carbonyl (C=O) groups is 2. The number of nitrogens with zero attached hydrogens (tertiary/aromatic N) is 3. The van der Waals surface area contributed by atoms with Gasteiger partial charge < -0.3 is 9.47 Å². The molecule has 1 aliphatic rings. The van der Waals surface area contributed by atoms with Crippen LogP contribution in [0.15, 0.2) is 60.1 Å². The highest BCUT2D eigenvalue weighted by molar-refractivity contribution is 7.92. The van der Waals surface area contributed by atoms with Gasteiger partial charge in [0.25, 0.3) is 5.91 Å². The summed E-state index contributed by atoms with van der Waals surface area (Å²) in [4.78, 5) is 31.1. The molecule has 0 unspecified atom stereocenters. The van der Waals surface area contributed by atoms with Gasteiger partial charge in [0.1, 0.15) is 11.5 Å². The molecule has 0 N–H and O–H groups in total. The Hall–Kier alpha value is -3.04. The molecule has 0 bridgehead atoms. The number of amides is 2. The van der Waals surface area contributed by atoms with Crippen molar-refractivity contribution in [3.05, 3.63) is 71.0 Å². The Bertz CT molecular complexity index is 1400. The second-order valence-corrected chi connectivity index (χ2v) is 10.8. The molecule has 7 nitrogen and oxygen atoms in total. The first-order valence-corrected chi connectivity index (χ1v) is 12.8. The van der Waals surface area contributed by atoms with Crippen LogP contribution in [-0.4, -0.2) is 42.8 Å². The molecular weight excluding hydrogens is 446 g/mol. The molecule has 2 aromatic carbocycles. The Morgan fingerprint density at radius 1 is 1.19 bits per heavy atom. The van der Waals surface area contributed by atoms with Gasteiger partial charge in [-0.3, -0.25) is 9.59 Å². The van der Waals surface area contributed by atoms with Crippen molar-refractivity contribution in [2.75, 3.05) is 23.0 Å². The topological polar surface area (TPSA) is 88.8 Å². The number of para-hydroxylation sites is 1. The first-order chi connectivity index (χ1) is 15.3. The van der Waals surface area contributed by atoms with Crippen molar-refractivity contribution in [2.45, 2.75) is 19.9 Å². The zero-order valence-corrected chi connectivity index (χ0v) is 19.3. The van der Waals surface area contributed by atoms with E-state index in [1.165, 1.54) is 16.2 Å². The molecule has 0 radical (unpaired) electrons. The van der Waals surface area contributed by atoms with Gasteiger partial charge in [0.15, 0.2) is 14.6 Å². The third-order valence-electron chi connectivity index (χ3n) is 5.25. The fourth-order valence-electron chi connectivity index (χ4n) is 3.81. The lowest BCUT2D eigenvalue weighted by Gasteiger charge is -2.17. The maximum Gasteiger partial charge on any atom is 0.263 e. The number of rotatable bonds is 6. The summed E-state index contributed by atoms with van der Waals surface area (Å²) in [6, 6.07) is 13.3. The molecule has 0 spiro atoms. The molecule has 2 amide bonds. The van der Waals surface area contributed by atoms with Crippen LogP contribution in [0.1, 0.15) is 11.1 Å². The zero-order valence-electron chi connectivity index (χ0n) is 17.7. The lowest BCUT2D eigenvalue weighted by Crippen LogP contribution is -2.36. The summed E-state index contributed by atoms with van der Waals surface area (Å²) >= 11 is 1.32. The average Bonchev–Trinajstić information content (AvgIpc) is 3.29. The molecule has 166 valence electrons. The molecule has 1 aromatic heterocycles. The van der Waals surface area contributed by atoms with Crippen LogP contribution in [0.25, 0.3) is 10.2 Å². The number of fused-ring (bicyclic) bond motifs is 2. The highest BCUT2D eigenvalue weighted by Gasteiger charge is 2.29. The molecular formula is C23H23N3O4S2. The van der Waals surface area contributed by atoms with E-state index in [2.05, 4.69) is 11.6 Å². The van der Waals surface area contributed by atoms with E-state index in [1.807, 2.05) is 47.9 Å².